The summed E-state index contributed by atoms with van der Waals surface area (Å²) in [6, 6.07) is 1.01. The Hall–Kier alpha value is -1.10. The molecule has 1 N–H and O–H groups in total. The zero-order valence-corrected chi connectivity index (χ0v) is 12.4. The summed E-state index contributed by atoms with van der Waals surface area (Å²) < 4.78 is 5.65. The van der Waals surface area contributed by atoms with E-state index in [9.17, 15) is 0 Å². The average molecular weight is 254 g/mol. The second-order valence-corrected chi connectivity index (χ2v) is 5.83. The number of nitrogens with zero attached hydrogens (tertiary/aromatic N) is 3. The SMILES string of the molecule is CCCC(C)N(C)c1nnc(CNC(C)(C)C)o1. The Morgan fingerprint density at radius 1 is 1.33 bits per heavy atom. The molecule has 0 saturated heterocycles. The summed E-state index contributed by atoms with van der Waals surface area (Å²) >= 11 is 0. The fourth-order valence-corrected chi connectivity index (χ4v) is 1.60. The molecule has 5 heteroatoms. The number of rotatable bonds is 6. The minimum Gasteiger partial charge on any atom is -0.407 e. The predicted molar refractivity (Wildman–Crippen MR) is 73.7 cm³/mol. The van der Waals surface area contributed by atoms with Crippen LogP contribution in [0.1, 0.15) is 53.4 Å². The smallest absolute Gasteiger partial charge is 0.318 e. The van der Waals surface area contributed by atoms with Gasteiger partial charge in [0.05, 0.1) is 6.54 Å². The van der Waals surface area contributed by atoms with E-state index in [4.69, 9.17) is 4.42 Å². The third-order valence-electron chi connectivity index (χ3n) is 2.90. The number of hydrogen-bond donors (Lipinski definition) is 1. The molecule has 1 atom stereocenters. The van der Waals surface area contributed by atoms with Crippen LogP contribution in [0.3, 0.4) is 0 Å². The Balaban J connectivity index is 2.57. The molecule has 0 spiro atoms. The van der Waals surface area contributed by atoms with Crippen LogP contribution < -0.4 is 10.2 Å². The van der Waals surface area contributed by atoms with Crippen LogP contribution in [0.2, 0.25) is 0 Å². The van der Waals surface area contributed by atoms with Crippen molar-refractivity contribution in [2.45, 2.75) is 65.6 Å². The molecule has 18 heavy (non-hydrogen) atoms. The van der Waals surface area contributed by atoms with Crippen LogP contribution in [-0.4, -0.2) is 28.8 Å². The first-order valence-corrected chi connectivity index (χ1v) is 6.63. The molecule has 0 aromatic carbocycles. The Morgan fingerprint density at radius 3 is 2.56 bits per heavy atom. The van der Waals surface area contributed by atoms with E-state index in [1.807, 2.05) is 11.9 Å². The first-order chi connectivity index (χ1) is 8.33. The van der Waals surface area contributed by atoms with E-state index in [0.29, 0.717) is 24.5 Å². The Labute approximate surface area is 110 Å². The van der Waals surface area contributed by atoms with E-state index in [-0.39, 0.29) is 5.54 Å². The van der Waals surface area contributed by atoms with Crippen molar-refractivity contribution < 1.29 is 4.42 Å². The summed E-state index contributed by atoms with van der Waals surface area (Å²) in [5.74, 6) is 0.635. The maximum absolute atomic E-state index is 5.65. The van der Waals surface area contributed by atoms with Gasteiger partial charge in [-0.1, -0.05) is 18.4 Å². The van der Waals surface area contributed by atoms with Gasteiger partial charge in [0, 0.05) is 18.6 Å². The quantitative estimate of drug-likeness (QED) is 0.845. The average Bonchev–Trinajstić information content (AvgIpc) is 2.73. The lowest BCUT2D eigenvalue weighted by atomic mass is 10.1. The van der Waals surface area contributed by atoms with Gasteiger partial charge in [-0.2, -0.15) is 0 Å². The monoisotopic (exact) mass is 254 g/mol. The predicted octanol–water partition coefficient (Wildman–Crippen LogP) is 2.58. The highest BCUT2D eigenvalue weighted by molar-refractivity contribution is 5.23. The van der Waals surface area contributed by atoms with Crippen molar-refractivity contribution in [1.29, 1.82) is 0 Å². The molecule has 0 bridgehead atoms. The molecule has 1 unspecified atom stereocenters. The molecule has 0 aliphatic heterocycles. The highest BCUT2D eigenvalue weighted by Crippen LogP contribution is 2.16. The van der Waals surface area contributed by atoms with Crippen molar-refractivity contribution in [1.82, 2.24) is 15.5 Å². The topological polar surface area (TPSA) is 54.2 Å². The molecule has 0 aliphatic rings. The van der Waals surface area contributed by atoms with Gasteiger partial charge in [0.1, 0.15) is 0 Å². The molecule has 0 fully saturated rings. The van der Waals surface area contributed by atoms with Gasteiger partial charge in [-0.3, -0.25) is 0 Å². The molecular weight excluding hydrogens is 228 g/mol. The van der Waals surface area contributed by atoms with Gasteiger partial charge in [0.15, 0.2) is 0 Å². The second-order valence-electron chi connectivity index (χ2n) is 5.83. The lowest BCUT2D eigenvalue weighted by molar-refractivity contribution is 0.379. The van der Waals surface area contributed by atoms with Crippen molar-refractivity contribution in [3.8, 4) is 0 Å². The number of anilines is 1. The highest BCUT2D eigenvalue weighted by Gasteiger charge is 2.17. The fraction of sp³-hybridized carbons (Fsp3) is 0.846. The van der Waals surface area contributed by atoms with Crippen molar-refractivity contribution in [3.05, 3.63) is 5.89 Å². The van der Waals surface area contributed by atoms with Gasteiger partial charge in [-0.15, -0.1) is 5.10 Å². The van der Waals surface area contributed by atoms with Gasteiger partial charge in [-0.25, -0.2) is 0 Å². The molecular formula is C13H26N4O. The lowest BCUT2D eigenvalue weighted by Crippen LogP contribution is -2.35. The minimum absolute atomic E-state index is 0.0516. The summed E-state index contributed by atoms with van der Waals surface area (Å²) in [4.78, 5) is 2.04. The highest BCUT2D eigenvalue weighted by atomic mass is 16.4. The second kappa shape index (κ2) is 6.18. The summed E-state index contributed by atoms with van der Waals surface area (Å²) in [6.07, 6.45) is 2.27. The van der Waals surface area contributed by atoms with Gasteiger partial charge < -0.3 is 14.6 Å². The molecule has 0 radical (unpaired) electrons. The zero-order valence-electron chi connectivity index (χ0n) is 12.4. The molecule has 1 aromatic heterocycles. The number of hydrogen-bond acceptors (Lipinski definition) is 5. The van der Waals surface area contributed by atoms with Crippen molar-refractivity contribution >= 4 is 6.01 Å². The van der Waals surface area contributed by atoms with E-state index in [1.165, 1.54) is 0 Å². The molecule has 0 amide bonds. The maximum Gasteiger partial charge on any atom is 0.318 e. The Kier molecular flexibility index (Phi) is 5.14. The zero-order chi connectivity index (χ0) is 13.8. The van der Waals surface area contributed by atoms with Crippen LogP contribution in [-0.2, 0) is 6.54 Å². The normalized spacial score (nSPS) is 13.7. The summed E-state index contributed by atoms with van der Waals surface area (Å²) in [6.45, 7) is 11.3. The third kappa shape index (κ3) is 4.64. The molecule has 1 rings (SSSR count). The Bertz CT molecular complexity index is 356. The first-order valence-electron chi connectivity index (χ1n) is 6.63. The van der Waals surface area contributed by atoms with Crippen LogP contribution in [0.4, 0.5) is 6.01 Å². The van der Waals surface area contributed by atoms with Crippen LogP contribution in [0.25, 0.3) is 0 Å². The third-order valence-corrected chi connectivity index (χ3v) is 2.90. The van der Waals surface area contributed by atoms with E-state index in [2.05, 4.69) is 50.1 Å². The molecule has 0 aliphatic carbocycles. The van der Waals surface area contributed by atoms with Crippen molar-refractivity contribution in [2.75, 3.05) is 11.9 Å². The molecule has 104 valence electrons. The summed E-state index contributed by atoms with van der Waals surface area (Å²) in [7, 11) is 1.99. The molecule has 1 aromatic rings. The van der Waals surface area contributed by atoms with E-state index in [1.54, 1.807) is 0 Å². The van der Waals surface area contributed by atoms with Crippen LogP contribution in [0.15, 0.2) is 4.42 Å². The lowest BCUT2D eigenvalue weighted by Gasteiger charge is -2.22. The van der Waals surface area contributed by atoms with Gasteiger partial charge >= 0.3 is 6.01 Å². The summed E-state index contributed by atoms with van der Waals surface area (Å²) in [5.41, 5.74) is 0.0516. The number of aromatic nitrogens is 2. The van der Waals surface area contributed by atoms with Crippen LogP contribution >= 0.6 is 0 Å². The summed E-state index contributed by atoms with van der Waals surface area (Å²) in [5, 5.41) is 11.5. The van der Waals surface area contributed by atoms with Gasteiger partial charge in [0.2, 0.25) is 5.89 Å². The van der Waals surface area contributed by atoms with Crippen molar-refractivity contribution in [2.24, 2.45) is 0 Å². The number of nitrogens with one attached hydrogen (secondary N) is 1. The standard InChI is InChI=1S/C13H26N4O/c1-7-8-10(2)17(6)12-16-15-11(18-12)9-14-13(3,4)5/h10,14H,7-9H2,1-6H3. The molecule has 1 heterocycles. The maximum atomic E-state index is 5.65. The van der Waals surface area contributed by atoms with E-state index < -0.39 is 0 Å². The van der Waals surface area contributed by atoms with Crippen LogP contribution in [0, 0.1) is 0 Å². The first kappa shape index (κ1) is 15.0. The molecule has 0 saturated carbocycles. The Morgan fingerprint density at radius 2 is 2.00 bits per heavy atom. The van der Waals surface area contributed by atoms with Gasteiger partial charge in [0.25, 0.3) is 0 Å². The van der Waals surface area contributed by atoms with Crippen molar-refractivity contribution in [3.63, 3.8) is 0 Å². The fourth-order valence-electron chi connectivity index (χ4n) is 1.60. The largest absolute Gasteiger partial charge is 0.407 e. The van der Waals surface area contributed by atoms with E-state index >= 15 is 0 Å². The van der Waals surface area contributed by atoms with E-state index in [0.717, 1.165) is 12.8 Å². The minimum atomic E-state index is 0.0516. The van der Waals surface area contributed by atoms with Crippen LogP contribution in [0.5, 0.6) is 0 Å². The molecule has 5 nitrogen and oxygen atoms in total. The van der Waals surface area contributed by atoms with Gasteiger partial charge in [-0.05, 0) is 34.1 Å².